The van der Waals surface area contributed by atoms with E-state index < -0.39 is 12.3 Å². The number of hydrogen-bond acceptors (Lipinski definition) is 3. The highest BCUT2D eigenvalue weighted by Gasteiger charge is 2.31. The van der Waals surface area contributed by atoms with Crippen molar-refractivity contribution in [3.8, 4) is 0 Å². The lowest BCUT2D eigenvalue weighted by atomic mass is 9.84. The van der Waals surface area contributed by atoms with Gasteiger partial charge >= 0.3 is 0 Å². The molecule has 3 rings (SSSR count). The second kappa shape index (κ2) is 9.32. The molecule has 0 aromatic heterocycles. The van der Waals surface area contributed by atoms with E-state index in [1.807, 2.05) is 6.08 Å². The van der Waals surface area contributed by atoms with Gasteiger partial charge in [-0.2, -0.15) is 0 Å². The summed E-state index contributed by atoms with van der Waals surface area (Å²) < 4.78 is 13.2. The quantitative estimate of drug-likeness (QED) is 0.406. The lowest BCUT2D eigenvalue weighted by molar-refractivity contribution is -0.0165. The highest BCUT2D eigenvalue weighted by atomic mass is 35.5. The van der Waals surface area contributed by atoms with E-state index in [1.54, 1.807) is 35.2 Å². The summed E-state index contributed by atoms with van der Waals surface area (Å²) in [6.07, 6.45) is 5.70. The average molecular weight is 407 g/mol. The normalized spacial score (nSPS) is 25.1. The van der Waals surface area contributed by atoms with E-state index in [4.69, 9.17) is 17.0 Å². The minimum atomic E-state index is -0.946. The Morgan fingerprint density at radius 2 is 2.14 bits per heavy atom. The number of rotatable bonds is 4. The predicted molar refractivity (Wildman–Crippen MR) is 107 cm³/mol. The molecule has 1 saturated heterocycles. The van der Waals surface area contributed by atoms with Gasteiger partial charge in [0.2, 0.25) is 5.96 Å². The second-order valence-electron chi connectivity index (χ2n) is 7.02. The first-order valence-corrected chi connectivity index (χ1v) is 9.58. The van der Waals surface area contributed by atoms with Crippen molar-refractivity contribution in [2.45, 2.75) is 31.7 Å². The third-order valence-corrected chi connectivity index (χ3v) is 5.21. The van der Waals surface area contributed by atoms with Crippen LogP contribution in [0.25, 0.3) is 0 Å². The van der Waals surface area contributed by atoms with Crippen LogP contribution in [-0.2, 0) is 6.54 Å². The summed E-state index contributed by atoms with van der Waals surface area (Å²) in [4.78, 5) is 5.65. The van der Waals surface area contributed by atoms with Crippen LogP contribution in [0.15, 0.2) is 53.1 Å². The summed E-state index contributed by atoms with van der Waals surface area (Å²) in [6, 6.07) is 7.07. The van der Waals surface area contributed by atoms with Crippen LogP contribution in [0.1, 0.15) is 18.4 Å². The fourth-order valence-corrected chi connectivity index (χ4v) is 3.55. The Hall–Kier alpha value is -2.22. The standard InChI is InChI=1S/C20H24ClFN4O2/c21-16-5-1-14(2-6-16)11-26(28)13-24-20(23)25-10-9-18(19(27)12-25)15-3-7-17(22)8-4-15/h1-7,13,17-19,23,27-28H,8-12H2. The van der Waals surface area contributed by atoms with E-state index in [1.165, 1.54) is 12.4 Å². The molecule has 0 saturated carbocycles. The van der Waals surface area contributed by atoms with Gasteiger partial charge in [-0.1, -0.05) is 42.0 Å². The van der Waals surface area contributed by atoms with Gasteiger partial charge in [-0.25, -0.2) is 14.4 Å². The molecule has 1 aliphatic carbocycles. The molecular formula is C20H24ClFN4O2. The minimum absolute atomic E-state index is 0.0235. The molecule has 1 aromatic rings. The zero-order chi connectivity index (χ0) is 20.1. The van der Waals surface area contributed by atoms with Gasteiger partial charge in [-0.3, -0.25) is 10.6 Å². The summed E-state index contributed by atoms with van der Waals surface area (Å²) >= 11 is 5.83. The Bertz CT molecular complexity index is 781. The molecule has 1 fully saturated rings. The Morgan fingerprint density at radius 1 is 1.39 bits per heavy atom. The van der Waals surface area contributed by atoms with Gasteiger partial charge in [0, 0.05) is 30.5 Å². The van der Waals surface area contributed by atoms with Crippen molar-refractivity contribution in [1.29, 1.82) is 5.41 Å². The van der Waals surface area contributed by atoms with Crippen LogP contribution in [0.5, 0.6) is 0 Å². The lowest BCUT2D eigenvalue weighted by Gasteiger charge is -2.37. The number of aliphatic hydroxyl groups is 1. The summed E-state index contributed by atoms with van der Waals surface area (Å²) in [6.45, 7) is 1.05. The maximum absolute atomic E-state index is 13.2. The van der Waals surface area contributed by atoms with Crippen LogP contribution in [0.2, 0.25) is 5.02 Å². The third-order valence-electron chi connectivity index (χ3n) is 4.96. The van der Waals surface area contributed by atoms with Crippen LogP contribution < -0.4 is 0 Å². The van der Waals surface area contributed by atoms with E-state index in [0.717, 1.165) is 16.2 Å². The molecule has 0 spiro atoms. The molecule has 3 atom stereocenters. The van der Waals surface area contributed by atoms with E-state index in [2.05, 4.69) is 4.99 Å². The summed E-state index contributed by atoms with van der Waals surface area (Å²) in [5, 5.41) is 30.0. The number of aliphatic imine (C=N–C) groups is 1. The molecule has 3 N–H and O–H groups in total. The van der Waals surface area contributed by atoms with Gasteiger partial charge in [-0.15, -0.1) is 0 Å². The summed E-state index contributed by atoms with van der Waals surface area (Å²) in [5.74, 6) is -0.0827. The molecule has 3 unspecified atom stereocenters. The molecule has 2 aliphatic rings. The number of guanidine groups is 1. The molecular weight excluding hydrogens is 383 g/mol. The van der Waals surface area contributed by atoms with Crippen LogP contribution >= 0.6 is 11.6 Å². The van der Waals surface area contributed by atoms with Crippen molar-refractivity contribution in [1.82, 2.24) is 9.96 Å². The first-order chi connectivity index (χ1) is 13.4. The lowest BCUT2D eigenvalue weighted by Crippen LogP contribution is -2.46. The number of hydrogen-bond donors (Lipinski definition) is 3. The highest BCUT2D eigenvalue weighted by Crippen LogP contribution is 2.29. The Kier molecular flexibility index (Phi) is 6.83. The fraction of sp³-hybridized carbons (Fsp3) is 0.400. The van der Waals surface area contributed by atoms with E-state index >= 15 is 0 Å². The van der Waals surface area contributed by atoms with Crippen LogP contribution in [0, 0.1) is 11.3 Å². The van der Waals surface area contributed by atoms with Crippen LogP contribution in [-0.4, -0.2) is 57.9 Å². The molecule has 0 radical (unpaired) electrons. The van der Waals surface area contributed by atoms with Gasteiger partial charge < -0.3 is 10.0 Å². The number of allylic oxidation sites excluding steroid dienone is 3. The van der Waals surface area contributed by atoms with Gasteiger partial charge in [-0.05, 0) is 29.7 Å². The molecule has 6 nitrogen and oxygen atoms in total. The molecule has 1 aliphatic heterocycles. The van der Waals surface area contributed by atoms with E-state index in [-0.39, 0.29) is 25.0 Å². The highest BCUT2D eigenvalue weighted by molar-refractivity contribution is 6.30. The minimum Gasteiger partial charge on any atom is -0.391 e. The molecule has 8 heteroatoms. The zero-order valence-electron chi connectivity index (χ0n) is 15.4. The number of likely N-dealkylation sites (tertiary alicyclic amines) is 1. The monoisotopic (exact) mass is 406 g/mol. The fourth-order valence-electron chi connectivity index (χ4n) is 3.42. The third kappa shape index (κ3) is 5.41. The van der Waals surface area contributed by atoms with Gasteiger partial charge in [0.25, 0.3) is 0 Å². The number of β-amino-alcohol motifs (C(OH)–C–C–N with tert-alkyl or cyclic N) is 1. The predicted octanol–water partition coefficient (Wildman–Crippen LogP) is 3.40. The van der Waals surface area contributed by atoms with Crippen molar-refractivity contribution >= 4 is 23.9 Å². The Morgan fingerprint density at radius 3 is 2.79 bits per heavy atom. The SMILES string of the molecule is N=C(N=CN(O)Cc1ccc(Cl)cc1)N1CCC(C2=CCC(F)C=C2)C(O)C1. The van der Waals surface area contributed by atoms with Crippen LogP contribution in [0.4, 0.5) is 4.39 Å². The van der Waals surface area contributed by atoms with Gasteiger partial charge in [0.15, 0.2) is 0 Å². The van der Waals surface area contributed by atoms with E-state index in [0.29, 0.717) is 24.4 Å². The Balaban J connectivity index is 1.50. The average Bonchev–Trinajstić information content (AvgIpc) is 2.68. The van der Waals surface area contributed by atoms with E-state index in [9.17, 15) is 14.7 Å². The molecule has 0 amide bonds. The maximum Gasteiger partial charge on any atom is 0.219 e. The first-order valence-electron chi connectivity index (χ1n) is 9.20. The number of halogens is 2. The van der Waals surface area contributed by atoms with Gasteiger partial charge in [0.1, 0.15) is 12.5 Å². The number of hydroxylamine groups is 2. The smallest absolute Gasteiger partial charge is 0.219 e. The van der Waals surface area contributed by atoms with Crippen molar-refractivity contribution in [2.24, 2.45) is 10.9 Å². The van der Waals surface area contributed by atoms with Crippen molar-refractivity contribution in [2.75, 3.05) is 13.1 Å². The van der Waals surface area contributed by atoms with Crippen molar-refractivity contribution in [3.63, 3.8) is 0 Å². The molecule has 150 valence electrons. The number of alkyl halides is 1. The molecule has 0 bridgehead atoms. The number of nitrogens with zero attached hydrogens (tertiary/aromatic N) is 3. The number of nitrogens with one attached hydrogen (secondary N) is 1. The Labute approximate surface area is 168 Å². The molecule has 1 heterocycles. The van der Waals surface area contributed by atoms with Gasteiger partial charge in [0.05, 0.1) is 12.6 Å². The largest absolute Gasteiger partial charge is 0.391 e. The number of piperidine rings is 1. The van der Waals surface area contributed by atoms with Crippen LogP contribution in [0.3, 0.4) is 0 Å². The zero-order valence-corrected chi connectivity index (χ0v) is 16.1. The number of aliphatic hydroxyl groups excluding tert-OH is 1. The number of benzene rings is 1. The summed E-state index contributed by atoms with van der Waals surface area (Å²) in [7, 11) is 0. The van der Waals surface area contributed by atoms with Crippen molar-refractivity contribution in [3.05, 3.63) is 58.7 Å². The second-order valence-corrected chi connectivity index (χ2v) is 7.45. The first kappa shape index (κ1) is 20.5. The summed E-state index contributed by atoms with van der Waals surface area (Å²) in [5.41, 5.74) is 1.81. The van der Waals surface area contributed by atoms with Crippen molar-refractivity contribution < 1.29 is 14.7 Å². The molecule has 1 aromatic carbocycles. The maximum atomic E-state index is 13.2. The topological polar surface area (TPSA) is 83.2 Å². The molecule has 28 heavy (non-hydrogen) atoms.